The van der Waals surface area contributed by atoms with Gasteiger partial charge in [0.15, 0.2) is 0 Å². The molecule has 19 heavy (non-hydrogen) atoms. The highest BCUT2D eigenvalue weighted by Gasteiger charge is 2.23. The lowest BCUT2D eigenvalue weighted by Crippen LogP contribution is -2.29. The minimum Gasteiger partial charge on any atom is -0.481 e. The van der Waals surface area contributed by atoms with Gasteiger partial charge in [0, 0.05) is 24.7 Å². The summed E-state index contributed by atoms with van der Waals surface area (Å²) in [6.45, 7) is 3.38. The third-order valence-corrected chi connectivity index (χ3v) is 3.30. The molecule has 1 N–H and O–H groups in total. The molecule has 104 valence electrons. The summed E-state index contributed by atoms with van der Waals surface area (Å²) in [4.78, 5) is 22.9. The minimum absolute atomic E-state index is 0.0815. The minimum atomic E-state index is -0.950. The van der Waals surface area contributed by atoms with Crippen LogP contribution in [-0.2, 0) is 4.79 Å². The Morgan fingerprint density at radius 2 is 2.16 bits per heavy atom. The Morgan fingerprint density at radius 3 is 2.63 bits per heavy atom. The molecule has 0 bridgehead atoms. The van der Waals surface area contributed by atoms with E-state index in [1.807, 2.05) is 0 Å². The van der Waals surface area contributed by atoms with Gasteiger partial charge >= 0.3 is 5.97 Å². The Balaban J connectivity index is 3.20. The molecule has 0 aliphatic carbocycles. The quantitative estimate of drug-likeness (QED) is 0.664. The second-order valence-electron chi connectivity index (χ2n) is 4.42. The van der Waals surface area contributed by atoms with Gasteiger partial charge in [0.2, 0.25) is 0 Å². The summed E-state index contributed by atoms with van der Waals surface area (Å²) < 4.78 is 0. The second-order valence-corrected chi connectivity index (χ2v) is 4.82. The number of anilines is 1. The van der Waals surface area contributed by atoms with Crippen LogP contribution in [0.4, 0.5) is 11.4 Å². The van der Waals surface area contributed by atoms with Crippen molar-refractivity contribution in [1.82, 2.24) is 0 Å². The van der Waals surface area contributed by atoms with E-state index in [4.69, 9.17) is 16.7 Å². The van der Waals surface area contributed by atoms with Crippen LogP contribution in [0.25, 0.3) is 0 Å². The fraction of sp³-hybridized carbons (Fsp3) is 0.417. The number of rotatable bonds is 5. The van der Waals surface area contributed by atoms with Gasteiger partial charge in [0.05, 0.1) is 10.8 Å². The van der Waals surface area contributed by atoms with Crippen LogP contribution in [0.5, 0.6) is 0 Å². The first-order valence-corrected chi connectivity index (χ1v) is 6.01. The van der Waals surface area contributed by atoms with Gasteiger partial charge in [0.25, 0.3) is 5.69 Å². The zero-order valence-corrected chi connectivity index (χ0v) is 11.6. The van der Waals surface area contributed by atoms with Gasteiger partial charge in [0.1, 0.15) is 5.69 Å². The van der Waals surface area contributed by atoms with Crippen molar-refractivity contribution in [2.45, 2.75) is 13.8 Å². The Labute approximate surface area is 115 Å². The van der Waals surface area contributed by atoms with Gasteiger partial charge in [-0.15, -0.1) is 0 Å². The van der Waals surface area contributed by atoms with Gasteiger partial charge in [-0.1, -0.05) is 18.5 Å². The SMILES string of the molecule is Cc1c(Cl)ccc([N+](=O)[O-])c1N(C)CC(C)C(=O)O. The third kappa shape index (κ3) is 3.35. The fourth-order valence-corrected chi connectivity index (χ4v) is 2.02. The van der Waals surface area contributed by atoms with Crippen LogP contribution < -0.4 is 4.90 Å². The molecule has 6 nitrogen and oxygen atoms in total. The lowest BCUT2D eigenvalue weighted by molar-refractivity contribution is -0.384. The van der Waals surface area contributed by atoms with Gasteiger partial charge in [-0.3, -0.25) is 14.9 Å². The number of halogens is 1. The maximum Gasteiger partial charge on any atom is 0.308 e. The highest BCUT2D eigenvalue weighted by atomic mass is 35.5. The molecular weight excluding hydrogens is 272 g/mol. The summed E-state index contributed by atoms with van der Waals surface area (Å²) in [6.07, 6.45) is 0. The Morgan fingerprint density at radius 1 is 1.58 bits per heavy atom. The number of nitro groups is 1. The summed E-state index contributed by atoms with van der Waals surface area (Å²) in [5.41, 5.74) is 0.837. The third-order valence-electron chi connectivity index (χ3n) is 2.89. The van der Waals surface area contributed by atoms with Gasteiger partial charge in [-0.05, 0) is 18.6 Å². The van der Waals surface area contributed by atoms with Crippen LogP contribution in [0.3, 0.4) is 0 Å². The number of carbonyl (C=O) groups is 1. The van der Waals surface area contributed by atoms with E-state index in [1.54, 1.807) is 25.8 Å². The number of nitro benzene ring substituents is 1. The first-order valence-electron chi connectivity index (χ1n) is 5.63. The van der Waals surface area contributed by atoms with E-state index in [2.05, 4.69) is 0 Å². The fourth-order valence-electron chi connectivity index (χ4n) is 1.87. The topological polar surface area (TPSA) is 83.7 Å². The molecule has 0 radical (unpaired) electrons. The zero-order valence-electron chi connectivity index (χ0n) is 10.9. The van der Waals surface area contributed by atoms with E-state index < -0.39 is 16.8 Å². The number of carboxylic acid groups (broad SMARTS) is 1. The first-order chi connectivity index (χ1) is 8.75. The average molecular weight is 287 g/mol. The number of hydrogen-bond acceptors (Lipinski definition) is 4. The molecule has 1 rings (SSSR count). The predicted molar refractivity (Wildman–Crippen MR) is 72.9 cm³/mol. The Bertz CT molecular complexity index is 519. The smallest absolute Gasteiger partial charge is 0.308 e. The van der Waals surface area contributed by atoms with Crippen molar-refractivity contribution >= 4 is 28.9 Å². The number of nitrogens with zero attached hydrogens (tertiary/aromatic N) is 2. The van der Waals surface area contributed by atoms with Crippen LogP contribution in [0, 0.1) is 23.0 Å². The van der Waals surface area contributed by atoms with Crippen molar-refractivity contribution < 1.29 is 14.8 Å². The summed E-state index contributed by atoms with van der Waals surface area (Å²) in [5, 5.41) is 20.3. The number of benzene rings is 1. The molecule has 0 saturated carbocycles. The van der Waals surface area contributed by atoms with E-state index in [0.717, 1.165) is 0 Å². The van der Waals surface area contributed by atoms with Crippen LogP contribution in [0.15, 0.2) is 12.1 Å². The Hall–Kier alpha value is -1.82. The predicted octanol–water partition coefficient (Wildman–Crippen LogP) is 2.71. The molecule has 1 unspecified atom stereocenters. The molecule has 0 heterocycles. The summed E-state index contributed by atoms with van der Waals surface area (Å²) >= 11 is 5.97. The number of aliphatic carboxylic acids is 1. The van der Waals surface area contributed by atoms with Crippen molar-refractivity contribution in [1.29, 1.82) is 0 Å². The number of hydrogen-bond donors (Lipinski definition) is 1. The second kappa shape index (κ2) is 5.88. The van der Waals surface area contributed by atoms with Gasteiger partial charge in [-0.25, -0.2) is 0 Å². The Kier molecular flexibility index (Phi) is 4.72. The number of carboxylic acids is 1. The maximum absolute atomic E-state index is 11.0. The average Bonchev–Trinajstić information content (AvgIpc) is 2.31. The molecule has 0 spiro atoms. The van der Waals surface area contributed by atoms with Crippen LogP contribution >= 0.6 is 11.6 Å². The summed E-state index contributed by atoms with van der Waals surface area (Å²) in [6, 6.07) is 2.79. The first kappa shape index (κ1) is 15.2. The van der Waals surface area contributed by atoms with Crippen molar-refractivity contribution in [3.05, 3.63) is 32.8 Å². The van der Waals surface area contributed by atoms with Crippen molar-refractivity contribution in [2.24, 2.45) is 5.92 Å². The molecule has 0 amide bonds. The zero-order chi connectivity index (χ0) is 14.7. The van der Waals surface area contributed by atoms with E-state index in [9.17, 15) is 14.9 Å². The molecule has 0 saturated heterocycles. The molecule has 0 fully saturated rings. The van der Waals surface area contributed by atoms with Crippen LogP contribution in [-0.4, -0.2) is 29.6 Å². The standard InChI is InChI=1S/C12H15ClN2O4/c1-7(12(16)17)6-14(3)11-8(2)9(13)4-5-10(11)15(18)19/h4-5,7H,6H2,1-3H3,(H,16,17). The normalized spacial score (nSPS) is 12.0. The molecular formula is C12H15ClN2O4. The molecule has 1 atom stereocenters. The highest BCUT2D eigenvalue weighted by Crippen LogP contribution is 2.35. The molecule has 1 aromatic rings. The van der Waals surface area contributed by atoms with Crippen molar-refractivity contribution in [3.63, 3.8) is 0 Å². The van der Waals surface area contributed by atoms with E-state index in [0.29, 0.717) is 16.3 Å². The molecule has 0 aromatic heterocycles. The lowest BCUT2D eigenvalue weighted by atomic mass is 10.1. The van der Waals surface area contributed by atoms with Crippen LogP contribution in [0.2, 0.25) is 5.02 Å². The monoisotopic (exact) mass is 286 g/mol. The molecule has 0 aliphatic heterocycles. The summed E-state index contributed by atoms with van der Waals surface area (Å²) in [7, 11) is 1.62. The van der Waals surface area contributed by atoms with Crippen molar-refractivity contribution in [3.8, 4) is 0 Å². The maximum atomic E-state index is 11.0. The van der Waals surface area contributed by atoms with Crippen molar-refractivity contribution in [2.75, 3.05) is 18.5 Å². The van der Waals surface area contributed by atoms with E-state index in [1.165, 1.54) is 12.1 Å². The highest BCUT2D eigenvalue weighted by molar-refractivity contribution is 6.31. The van der Waals surface area contributed by atoms with E-state index >= 15 is 0 Å². The lowest BCUT2D eigenvalue weighted by Gasteiger charge is -2.23. The van der Waals surface area contributed by atoms with Gasteiger partial charge < -0.3 is 10.0 Å². The molecule has 7 heteroatoms. The summed E-state index contributed by atoms with van der Waals surface area (Å²) in [5.74, 6) is -1.59. The largest absolute Gasteiger partial charge is 0.481 e. The van der Waals surface area contributed by atoms with Gasteiger partial charge in [-0.2, -0.15) is 0 Å². The van der Waals surface area contributed by atoms with E-state index in [-0.39, 0.29) is 12.2 Å². The molecule has 0 aliphatic rings. The van der Waals surface area contributed by atoms with Crippen LogP contribution in [0.1, 0.15) is 12.5 Å². The molecule has 1 aromatic carbocycles.